The average molecular weight is 260 g/mol. The van der Waals surface area contributed by atoms with E-state index in [0.29, 0.717) is 5.69 Å². The number of rotatable bonds is 3. The summed E-state index contributed by atoms with van der Waals surface area (Å²) in [5.74, 6) is 0. The number of nitro benzene ring substituents is 1. The molecule has 0 amide bonds. The Balaban J connectivity index is 2.24. The fraction of sp³-hybridized carbons (Fsp3) is 0.462. The highest BCUT2D eigenvalue weighted by Gasteiger charge is 2.27. The first-order chi connectivity index (χ1) is 9.04. The van der Waals surface area contributed by atoms with E-state index in [9.17, 15) is 10.1 Å². The Kier molecular flexibility index (Phi) is 3.67. The van der Waals surface area contributed by atoms with Crippen molar-refractivity contribution in [3.05, 3.63) is 33.9 Å². The number of anilines is 1. The van der Waals surface area contributed by atoms with Gasteiger partial charge in [0.2, 0.25) is 0 Å². The molecular formula is C13H16N4O2. The number of hydrogen-bond donors (Lipinski definition) is 2. The third kappa shape index (κ3) is 3.01. The summed E-state index contributed by atoms with van der Waals surface area (Å²) in [6, 6.07) is 6.49. The zero-order valence-corrected chi connectivity index (χ0v) is 10.8. The first-order valence-electron chi connectivity index (χ1n) is 6.21. The minimum atomic E-state index is -0.519. The number of piperidine rings is 1. The summed E-state index contributed by atoms with van der Waals surface area (Å²) in [6.07, 6.45) is 1.92. The lowest BCUT2D eigenvalue weighted by Gasteiger charge is -2.35. The van der Waals surface area contributed by atoms with Crippen LogP contribution in [0.2, 0.25) is 0 Å². The van der Waals surface area contributed by atoms with E-state index in [4.69, 9.17) is 5.26 Å². The maximum atomic E-state index is 10.9. The lowest BCUT2D eigenvalue weighted by Crippen LogP contribution is -2.45. The lowest BCUT2D eigenvalue weighted by atomic mass is 9.90. The molecule has 0 unspecified atom stereocenters. The summed E-state index contributed by atoms with van der Waals surface area (Å²) in [5.41, 5.74) is 0.568. The van der Waals surface area contributed by atoms with Gasteiger partial charge in [-0.1, -0.05) is 0 Å². The first kappa shape index (κ1) is 13.3. The van der Waals surface area contributed by atoms with Gasteiger partial charge in [-0.05, 0) is 45.0 Å². The molecule has 1 aliphatic heterocycles. The summed E-state index contributed by atoms with van der Waals surface area (Å²) in [4.78, 5) is 10.4. The quantitative estimate of drug-likeness (QED) is 0.641. The van der Waals surface area contributed by atoms with Crippen molar-refractivity contribution >= 4 is 11.4 Å². The van der Waals surface area contributed by atoms with Gasteiger partial charge in [-0.15, -0.1) is 0 Å². The highest BCUT2D eigenvalue weighted by molar-refractivity contribution is 5.59. The Morgan fingerprint density at radius 2 is 2.16 bits per heavy atom. The monoisotopic (exact) mass is 260 g/mol. The van der Waals surface area contributed by atoms with Crippen molar-refractivity contribution in [1.82, 2.24) is 5.32 Å². The van der Waals surface area contributed by atoms with Crippen LogP contribution in [-0.2, 0) is 0 Å². The van der Waals surface area contributed by atoms with Gasteiger partial charge in [0.25, 0.3) is 5.69 Å². The molecule has 100 valence electrons. The predicted octanol–water partition coefficient (Wildman–Crippen LogP) is 2.02. The average Bonchev–Trinajstić information content (AvgIpc) is 2.39. The van der Waals surface area contributed by atoms with Crippen molar-refractivity contribution in [3.63, 3.8) is 0 Å². The van der Waals surface area contributed by atoms with Gasteiger partial charge < -0.3 is 10.6 Å². The van der Waals surface area contributed by atoms with E-state index in [1.807, 2.05) is 6.07 Å². The van der Waals surface area contributed by atoms with E-state index in [2.05, 4.69) is 17.6 Å². The normalized spacial score (nSPS) is 17.5. The molecule has 0 saturated carbocycles. The van der Waals surface area contributed by atoms with Gasteiger partial charge in [0.05, 0.1) is 4.92 Å². The maximum Gasteiger partial charge on any atom is 0.289 e. The second-order valence-corrected chi connectivity index (χ2v) is 5.04. The van der Waals surface area contributed by atoms with Crippen LogP contribution in [0.1, 0.15) is 25.3 Å². The Morgan fingerprint density at radius 1 is 1.47 bits per heavy atom. The molecule has 1 aromatic rings. The summed E-state index contributed by atoms with van der Waals surface area (Å²) in [6.45, 7) is 3.97. The minimum Gasteiger partial charge on any atom is -0.380 e. The van der Waals surface area contributed by atoms with Crippen molar-refractivity contribution in [2.24, 2.45) is 0 Å². The highest BCUT2D eigenvalue weighted by atomic mass is 16.6. The molecule has 0 bridgehead atoms. The molecule has 6 nitrogen and oxygen atoms in total. The Labute approximate surface area is 111 Å². The molecule has 1 heterocycles. The van der Waals surface area contributed by atoms with Crippen LogP contribution < -0.4 is 10.6 Å². The zero-order chi connectivity index (χ0) is 13.9. The van der Waals surface area contributed by atoms with Crippen LogP contribution in [0.4, 0.5) is 11.4 Å². The standard InChI is InChI=1S/C13H16N4O2/c1-13(4-6-15-7-5-13)16-11-3-2-10(9-14)12(8-11)17(18)19/h2-3,8,15-16H,4-7H2,1H3. The molecule has 1 saturated heterocycles. The van der Waals surface area contributed by atoms with E-state index in [1.165, 1.54) is 12.1 Å². The Bertz CT molecular complexity index is 530. The molecule has 1 aromatic carbocycles. The van der Waals surface area contributed by atoms with Crippen LogP contribution in [0.5, 0.6) is 0 Å². The number of benzene rings is 1. The minimum absolute atomic E-state index is 0.0622. The van der Waals surface area contributed by atoms with E-state index >= 15 is 0 Å². The van der Waals surface area contributed by atoms with Crippen molar-refractivity contribution < 1.29 is 4.92 Å². The Hall–Kier alpha value is -2.13. The van der Waals surface area contributed by atoms with Crippen LogP contribution in [0.3, 0.4) is 0 Å². The number of hydrogen-bond acceptors (Lipinski definition) is 5. The molecule has 0 aromatic heterocycles. The SMILES string of the molecule is CC1(Nc2ccc(C#N)c([N+](=O)[O-])c2)CCNCC1. The van der Waals surface area contributed by atoms with E-state index in [1.54, 1.807) is 6.07 Å². The molecule has 0 spiro atoms. The second-order valence-electron chi connectivity index (χ2n) is 5.04. The predicted molar refractivity (Wildman–Crippen MR) is 71.9 cm³/mol. The molecule has 0 atom stereocenters. The summed E-state index contributed by atoms with van der Waals surface area (Å²) < 4.78 is 0. The largest absolute Gasteiger partial charge is 0.380 e. The molecular weight excluding hydrogens is 244 g/mol. The van der Waals surface area contributed by atoms with Gasteiger partial charge >= 0.3 is 0 Å². The molecule has 1 fully saturated rings. The number of nitrogens with zero attached hydrogens (tertiary/aromatic N) is 2. The van der Waals surface area contributed by atoms with Crippen molar-refractivity contribution in [1.29, 1.82) is 5.26 Å². The van der Waals surface area contributed by atoms with Gasteiger partial charge in [0, 0.05) is 17.3 Å². The first-order valence-corrected chi connectivity index (χ1v) is 6.21. The lowest BCUT2D eigenvalue weighted by molar-refractivity contribution is -0.385. The molecule has 1 aliphatic rings. The molecule has 19 heavy (non-hydrogen) atoms. The summed E-state index contributed by atoms with van der Waals surface area (Å²) in [5, 5.41) is 26.4. The molecule has 0 aliphatic carbocycles. The molecule has 6 heteroatoms. The zero-order valence-electron chi connectivity index (χ0n) is 10.8. The van der Waals surface area contributed by atoms with Gasteiger partial charge in [0.1, 0.15) is 11.6 Å². The third-order valence-corrected chi connectivity index (χ3v) is 3.47. The van der Waals surface area contributed by atoms with Gasteiger partial charge in [-0.25, -0.2) is 0 Å². The van der Waals surface area contributed by atoms with Crippen LogP contribution >= 0.6 is 0 Å². The smallest absolute Gasteiger partial charge is 0.289 e. The van der Waals surface area contributed by atoms with Crippen LogP contribution in [0.25, 0.3) is 0 Å². The Morgan fingerprint density at radius 3 is 2.74 bits per heavy atom. The fourth-order valence-electron chi connectivity index (χ4n) is 2.31. The number of nitrogens with one attached hydrogen (secondary N) is 2. The molecule has 2 rings (SSSR count). The molecule has 2 N–H and O–H groups in total. The van der Waals surface area contributed by atoms with Crippen molar-refractivity contribution in [3.8, 4) is 6.07 Å². The highest BCUT2D eigenvalue weighted by Crippen LogP contribution is 2.28. The van der Waals surface area contributed by atoms with E-state index in [-0.39, 0.29) is 16.8 Å². The van der Waals surface area contributed by atoms with Gasteiger partial charge in [-0.3, -0.25) is 10.1 Å². The maximum absolute atomic E-state index is 10.9. The second kappa shape index (κ2) is 5.24. The summed E-state index contributed by atoms with van der Waals surface area (Å²) >= 11 is 0. The summed E-state index contributed by atoms with van der Waals surface area (Å²) in [7, 11) is 0. The molecule has 0 radical (unpaired) electrons. The van der Waals surface area contributed by atoms with Crippen LogP contribution in [-0.4, -0.2) is 23.6 Å². The van der Waals surface area contributed by atoms with Gasteiger partial charge in [-0.2, -0.15) is 5.26 Å². The number of nitro groups is 1. The van der Waals surface area contributed by atoms with Crippen LogP contribution in [0, 0.1) is 21.4 Å². The van der Waals surface area contributed by atoms with E-state index < -0.39 is 4.92 Å². The van der Waals surface area contributed by atoms with Crippen molar-refractivity contribution in [2.75, 3.05) is 18.4 Å². The fourth-order valence-corrected chi connectivity index (χ4v) is 2.31. The third-order valence-electron chi connectivity index (χ3n) is 3.47. The van der Waals surface area contributed by atoms with E-state index in [0.717, 1.165) is 25.9 Å². The topological polar surface area (TPSA) is 91.0 Å². The number of nitriles is 1. The van der Waals surface area contributed by atoms with Crippen LogP contribution in [0.15, 0.2) is 18.2 Å². The van der Waals surface area contributed by atoms with Gasteiger partial charge in [0.15, 0.2) is 0 Å². The van der Waals surface area contributed by atoms with Crippen molar-refractivity contribution in [2.45, 2.75) is 25.3 Å².